The Labute approximate surface area is 151 Å². The number of thiazole rings is 1. The summed E-state index contributed by atoms with van der Waals surface area (Å²) in [7, 11) is 0. The summed E-state index contributed by atoms with van der Waals surface area (Å²) in [6, 6.07) is 18.2. The summed E-state index contributed by atoms with van der Waals surface area (Å²) in [4.78, 5) is 17.5. The monoisotopic (exact) mass is 368 g/mol. The van der Waals surface area contributed by atoms with Gasteiger partial charge in [0.25, 0.3) is 0 Å². The molecule has 0 fully saturated rings. The van der Waals surface area contributed by atoms with E-state index in [0.29, 0.717) is 5.13 Å². The highest BCUT2D eigenvalue weighted by Gasteiger charge is 2.10. The Bertz CT molecular complexity index is 1060. The number of rotatable bonds is 4. The fraction of sp³-hybridized carbons (Fsp3) is 0.0526. The maximum atomic E-state index is 12.9. The zero-order valence-corrected chi connectivity index (χ0v) is 14.7. The largest absolute Gasteiger partial charge is 0.301 e. The van der Waals surface area contributed by atoms with Crippen LogP contribution in [0.4, 0.5) is 9.52 Å². The van der Waals surface area contributed by atoms with Gasteiger partial charge in [-0.15, -0.1) is 11.8 Å². The number of fused-ring (bicyclic) bond motifs is 3. The molecule has 4 aromatic rings. The number of amides is 1. The Balaban J connectivity index is 1.49. The van der Waals surface area contributed by atoms with E-state index in [-0.39, 0.29) is 17.5 Å². The van der Waals surface area contributed by atoms with Crippen molar-refractivity contribution in [3.8, 4) is 0 Å². The van der Waals surface area contributed by atoms with Gasteiger partial charge in [0.05, 0.1) is 16.0 Å². The van der Waals surface area contributed by atoms with Crippen LogP contribution >= 0.6 is 23.1 Å². The number of nitrogens with zero attached hydrogens (tertiary/aromatic N) is 1. The van der Waals surface area contributed by atoms with E-state index < -0.39 is 0 Å². The van der Waals surface area contributed by atoms with E-state index in [9.17, 15) is 9.18 Å². The molecular formula is C19H13FN2OS2. The third-order valence-corrected chi connectivity index (χ3v) is 5.74. The minimum atomic E-state index is -0.282. The van der Waals surface area contributed by atoms with Crippen molar-refractivity contribution in [3.63, 3.8) is 0 Å². The molecule has 3 nitrogen and oxygen atoms in total. The molecule has 0 saturated carbocycles. The van der Waals surface area contributed by atoms with Crippen LogP contribution in [0.3, 0.4) is 0 Å². The van der Waals surface area contributed by atoms with E-state index >= 15 is 0 Å². The van der Waals surface area contributed by atoms with Gasteiger partial charge in [0.15, 0.2) is 5.13 Å². The number of nitrogens with one attached hydrogen (secondary N) is 1. The van der Waals surface area contributed by atoms with Crippen molar-refractivity contribution in [2.75, 3.05) is 11.1 Å². The molecule has 1 heterocycles. The molecule has 0 saturated heterocycles. The summed E-state index contributed by atoms with van der Waals surface area (Å²) in [5.41, 5.74) is 0.880. The molecule has 3 aromatic carbocycles. The van der Waals surface area contributed by atoms with E-state index in [4.69, 9.17) is 0 Å². The third-order valence-electron chi connectivity index (χ3n) is 3.71. The van der Waals surface area contributed by atoms with Crippen LogP contribution < -0.4 is 5.32 Å². The van der Waals surface area contributed by atoms with Gasteiger partial charge in [0, 0.05) is 10.3 Å². The second-order valence-electron chi connectivity index (χ2n) is 5.44. The van der Waals surface area contributed by atoms with Gasteiger partial charge in [0.2, 0.25) is 5.91 Å². The molecule has 6 heteroatoms. The minimum Gasteiger partial charge on any atom is -0.301 e. The minimum absolute atomic E-state index is 0.127. The predicted molar refractivity (Wildman–Crippen MR) is 103 cm³/mol. The van der Waals surface area contributed by atoms with Crippen molar-refractivity contribution < 1.29 is 9.18 Å². The van der Waals surface area contributed by atoms with Gasteiger partial charge in [-0.05, 0) is 35.7 Å². The molecule has 0 spiro atoms. The Kier molecular flexibility index (Phi) is 4.38. The molecule has 25 heavy (non-hydrogen) atoms. The first-order valence-corrected chi connectivity index (χ1v) is 9.46. The van der Waals surface area contributed by atoms with Crippen LogP contribution in [0, 0.1) is 5.82 Å². The van der Waals surface area contributed by atoms with Crippen LogP contribution in [0.15, 0.2) is 65.6 Å². The topological polar surface area (TPSA) is 42.0 Å². The Hall–Kier alpha value is -2.44. The molecule has 0 unspecified atom stereocenters. The molecular weight excluding hydrogens is 355 g/mol. The molecule has 1 amide bonds. The van der Waals surface area contributed by atoms with Crippen LogP contribution in [0.5, 0.6) is 0 Å². The number of hydrogen-bond acceptors (Lipinski definition) is 4. The molecule has 0 atom stereocenters. The highest BCUT2D eigenvalue weighted by Crippen LogP contribution is 2.32. The molecule has 0 bridgehead atoms. The van der Waals surface area contributed by atoms with Crippen molar-refractivity contribution >= 4 is 55.1 Å². The van der Waals surface area contributed by atoms with Crippen molar-refractivity contribution in [2.45, 2.75) is 4.90 Å². The third kappa shape index (κ3) is 3.50. The van der Waals surface area contributed by atoms with Crippen LogP contribution in [-0.2, 0) is 4.79 Å². The summed E-state index contributed by atoms with van der Waals surface area (Å²) in [6.07, 6.45) is 0. The lowest BCUT2D eigenvalue weighted by Crippen LogP contribution is -2.13. The molecule has 124 valence electrons. The van der Waals surface area contributed by atoms with E-state index in [1.165, 1.54) is 35.2 Å². The predicted octanol–water partition coefficient (Wildman–Crippen LogP) is 5.32. The first-order valence-electron chi connectivity index (χ1n) is 7.65. The van der Waals surface area contributed by atoms with Gasteiger partial charge >= 0.3 is 0 Å². The van der Waals surface area contributed by atoms with Crippen molar-refractivity contribution in [2.24, 2.45) is 0 Å². The number of carbonyl (C=O) groups excluding carboxylic acids is 1. The van der Waals surface area contributed by atoms with Gasteiger partial charge in [0.1, 0.15) is 5.82 Å². The zero-order valence-electron chi connectivity index (χ0n) is 13.0. The lowest BCUT2D eigenvalue weighted by Gasteiger charge is -2.02. The standard InChI is InChI=1S/C19H13FN2OS2/c20-13-6-8-14(9-7-13)24-11-17(23)22-19-21-16-10-5-12-3-1-2-4-15(12)18(16)25-19/h1-10H,11H2,(H,21,22,23). The van der Waals surface area contributed by atoms with Gasteiger partial charge in [-0.2, -0.15) is 0 Å². The lowest BCUT2D eigenvalue weighted by atomic mass is 10.1. The van der Waals surface area contributed by atoms with E-state index in [2.05, 4.69) is 22.4 Å². The molecule has 1 aromatic heterocycles. The summed E-state index contributed by atoms with van der Waals surface area (Å²) >= 11 is 2.84. The summed E-state index contributed by atoms with van der Waals surface area (Å²) in [5.74, 6) is -0.157. The molecule has 0 radical (unpaired) electrons. The smallest absolute Gasteiger partial charge is 0.236 e. The first-order chi connectivity index (χ1) is 12.2. The fourth-order valence-electron chi connectivity index (χ4n) is 2.54. The molecule has 0 aliphatic rings. The number of thioether (sulfide) groups is 1. The maximum absolute atomic E-state index is 12.9. The number of hydrogen-bond donors (Lipinski definition) is 1. The Morgan fingerprint density at radius 1 is 1.08 bits per heavy atom. The highest BCUT2D eigenvalue weighted by molar-refractivity contribution is 8.00. The summed E-state index contributed by atoms with van der Waals surface area (Å²) in [6.45, 7) is 0. The maximum Gasteiger partial charge on any atom is 0.236 e. The number of carbonyl (C=O) groups is 1. The second kappa shape index (κ2) is 6.82. The van der Waals surface area contributed by atoms with E-state index in [0.717, 1.165) is 25.9 Å². The van der Waals surface area contributed by atoms with Crippen molar-refractivity contribution in [3.05, 3.63) is 66.5 Å². The average Bonchev–Trinajstić information content (AvgIpc) is 3.04. The summed E-state index contributed by atoms with van der Waals surface area (Å²) < 4.78 is 14.0. The van der Waals surface area contributed by atoms with Gasteiger partial charge < -0.3 is 5.32 Å². The Morgan fingerprint density at radius 3 is 2.72 bits per heavy atom. The number of benzene rings is 3. The van der Waals surface area contributed by atoms with Crippen LogP contribution in [-0.4, -0.2) is 16.6 Å². The number of halogens is 1. The normalized spacial score (nSPS) is 11.1. The molecule has 0 aliphatic heterocycles. The molecule has 1 N–H and O–H groups in total. The van der Waals surface area contributed by atoms with E-state index in [1.54, 1.807) is 12.1 Å². The lowest BCUT2D eigenvalue weighted by molar-refractivity contribution is -0.113. The fourth-order valence-corrected chi connectivity index (χ4v) is 4.26. The first kappa shape index (κ1) is 16.1. The average molecular weight is 368 g/mol. The zero-order chi connectivity index (χ0) is 17.2. The SMILES string of the molecule is O=C(CSc1ccc(F)cc1)Nc1nc2ccc3ccccc3c2s1. The summed E-state index contributed by atoms with van der Waals surface area (Å²) in [5, 5.41) is 5.74. The van der Waals surface area contributed by atoms with Gasteiger partial charge in [-0.25, -0.2) is 9.37 Å². The number of aromatic nitrogens is 1. The molecule has 4 rings (SSSR count). The van der Waals surface area contributed by atoms with Gasteiger partial charge in [-0.3, -0.25) is 4.79 Å². The second-order valence-corrected chi connectivity index (χ2v) is 7.49. The van der Waals surface area contributed by atoms with Gasteiger partial charge in [-0.1, -0.05) is 41.7 Å². The van der Waals surface area contributed by atoms with E-state index in [1.807, 2.05) is 24.3 Å². The van der Waals surface area contributed by atoms with Crippen molar-refractivity contribution in [1.29, 1.82) is 0 Å². The number of anilines is 1. The molecule has 0 aliphatic carbocycles. The van der Waals surface area contributed by atoms with Crippen LogP contribution in [0.1, 0.15) is 0 Å². The Morgan fingerprint density at radius 2 is 1.88 bits per heavy atom. The van der Waals surface area contributed by atoms with Crippen LogP contribution in [0.25, 0.3) is 21.0 Å². The highest BCUT2D eigenvalue weighted by atomic mass is 32.2. The van der Waals surface area contributed by atoms with Crippen LogP contribution in [0.2, 0.25) is 0 Å². The van der Waals surface area contributed by atoms with Crippen molar-refractivity contribution in [1.82, 2.24) is 4.98 Å². The quantitative estimate of drug-likeness (QED) is 0.496.